The Morgan fingerprint density at radius 2 is 1.80 bits per heavy atom. The minimum atomic E-state index is 0.234. The van der Waals surface area contributed by atoms with Gasteiger partial charge in [0.15, 0.2) is 0 Å². The lowest BCUT2D eigenvalue weighted by molar-refractivity contribution is 0.876. The van der Waals surface area contributed by atoms with Gasteiger partial charge in [0.1, 0.15) is 0 Å². The number of halogens is 1. The van der Waals surface area contributed by atoms with E-state index in [0.29, 0.717) is 18.4 Å². The van der Waals surface area contributed by atoms with Crippen molar-refractivity contribution in [2.24, 2.45) is 0 Å². The number of anilines is 2. The van der Waals surface area contributed by atoms with E-state index in [1.807, 2.05) is 18.2 Å². The number of benzene rings is 1. The summed E-state index contributed by atoms with van der Waals surface area (Å²) in [4.78, 5) is 14.9. The van der Waals surface area contributed by atoms with Crippen LogP contribution in [0.15, 0.2) is 30.3 Å². The van der Waals surface area contributed by atoms with Gasteiger partial charge in [0.05, 0.1) is 0 Å². The Kier molecular flexibility index (Phi) is 3.97. The lowest BCUT2D eigenvalue weighted by Crippen LogP contribution is -2.21. The van der Waals surface area contributed by atoms with Crippen molar-refractivity contribution < 1.29 is 0 Å². The van der Waals surface area contributed by atoms with Crippen LogP contribution in [0.1, 0.15) is 18.4 Å². The summed E-state index contributed by atoms with van der Waals surface area (Å²) in [6, 6.07) is 10.1. The molecule has 1 saturated heterocycles. The number of nitrogens with zero attached hydrogens (tertiary/aromatic N) is 4. The van der Waals surface area contributed by atoms with Gasteiger partial charge in [-0.1, -0.05) is 30.3 Å². The lowest BCUT2D eigenvalue weighted by atomic mass is 10.2. The molecule has 0 aliphatic carbocycles. The van der Waals surface area contributed by atoms with Crippen LogP contribution in [0.5, 0.6) is 0 Å². The zero-order valence-electron chi connectivity index (χ0n) is 11.1. The highest BCUT2D eigenvalue weighted by molar-refractivity contribution is 6.28. The molecule has 0 bridgehead atoms. The minimum absolute atomic E-state index is 0.234. The van der Waals surface area contributed by atoms with Gasteiger partial charge >= 0.3 is 0 Å². The van der Waals surface area contributed by atoms with Gasteiger partial charge in [0, 0.05) is 19.6 Å². The molecule has 1 aromatic carbocycles. The zero-order valence-corrected chi connectivity index (χ0v) is 11.8. The normalized spacial score (nSPS) is 14.6. The van der Waals surface area contributed by atoms with Crippen LogP contribution >= 0.6 is 11.6 Å². The van der Waals surface area contributed by atoms with Crippen molar-refractivity contribution in [3.63, 3.8) is 0 Å². The largest absolute Gasteiger partial charge is 0.350 e. The van der Waals surface area contributed by atoms with Gasteiger partial charge in [-0.2, -0.15) is 15.0 Å². The highest BCUT2D eigenvalue weighted by Crippen LogP contribution is 2.18. The van der Waals surface area contributed by atoms with Crippen LogP contribution in [0, 0.1) is 0 Å². The molecular weight excluding hydrogens is 274 g/mol. The summed E-state index contributed by atoms with van der Waals surface area (Å²) in [5.74, 6) is 1.19. The second kappa shape index (κ2) is 6.05. The molecule has 104 valence electrons. The van der Waals surface area contributed by atoms with Crippen molar-refractivity contribution in [3.05, 3.63) is 41.2 Å². The summed E-state index contributed by atoms with van der Waals surface area (Å²) in [5, 5.41) is 3.43. The molecule has 1 aliphatic heterocycles. The Morgan fingerprint density at radius 3 is 2.55 bits per heavy atom. The number of hydrogen-bond donors (Lipinski definition) is 1. The summed E-state index contributed by atoms with van der Waals surface area (Å²) in [5.41, 5.74) is 1.17. The molecule has 0 atom stereocenters. The molecule has 0 radical (unpaired) electrons. The van der Waals surface area contributed by atoms with Crippen molar-refractivity contribution in [2.75, 3.05) is 23.3 Å². The molecule has 1 aliphatic rings. The van der Waals surface area contributed by atoms with Crippen molar-refractivity contribution in [2.45, 2.75) is 19.4 Å². The van der Waals surface area contributed by atoms with Crippen LogP contribution in [0.2, 0.25) is 5.28 Å². The third kappa shape index (κ3) is 3.17. The highest BCUT2D eigenvalue weighted by atomic mass is 35.5. The first-order valence-corrected chi connectivity index (χ1v) is 7.13. The maximum atomic E-state index is 5.98. The molecule has 0 unspecified atom stereocenters. The monoisotopic (exact) mass is 289 g/mol. The maximum Gasteiger partial charge on any atom is 0.231 e. The molecule has 1 aromatic heterocycles. The average Bonchev–Trinajstić information content (AvgIpc) is 3.00. The fourth-order valence-electron chi connectivity index (χ4n) is 2.25. The third-order valence-electron chi connectivity index (χ3n) is 3.28. The van der Waals surface area contributed by atoms with E-state index in [9.17, 15) is 0 Å². The van der Waals surface area contributed by atoms with Crippen LogP contribution in [0.25, 0.3) is 0 Å². The second-order valence-electron chi connectivity index (χ2n) is 4.76. The minimum Gasteiger partial charge on any atom is -0.350 e. The quantitative estimate of drug-likeness (QED) is 0.938. The molecule has 2 aromatic rings. The fraction of sp³-hybridized carbons (Fsp3) is 0.357. The highest BCUT2D eigenvalue weighted by Gasteiger charge is 2.16. The maximum absolute atomic E-state index is 5.98. The van der Waals surface area contributed by atoms with Crippen molar-refractivity contribution in [1.82, 2.24) is 15.0 Å². The van der Waals surface area contributed by atoms with E-state index in [1.165, 1.54) is 18.4 Å². The molecule has 5 nitrogen and oxygen atoms in total. The van der Waals surface area contributed by atoms with Crippen molar-refractivity contribution in [1.29, 1.82) is 0 Å². The van der Waals surface area contributed by atoms with E-state index in [2.05, 4.69) is 37.3 Å². The Morgan fingerprint density at radius 1 is 1.05 bits per heavy atom. The summed E-state index contributed by atoms with van der Waals surface area (Å²) >= 11 is 5.98. The average molecular weight is 290 g/mol. The van der Waals surface area contributed by atoms with Gasteiger partial charge < -0.3 is 10.2 Å². The van der Waals surface area contributed by atoms with E-state index < -0.39 is 0 Å². The van der Waals surface area contributed by atoms with E-state index in [1.54, 1.807) is 0 Å². The summed E-state index contributed by atoms with van der Waals surface area (Å²) in [6.07, 6.45) is 2.35. The standard InChI is InChI=1S/C14H16ClN5/c15-12-17-13(16-10-11-6-2-1-3-7-11)19-14(18-12)20-8-4-5-9-20/h1-3,6-7H,4-5,8-10H2,(H,16,17,18,19). The number of nitrogens with one attached hydrogen (secondary N) is 1. The van der Waals surface area contributed by atoms with Crippen LogP contribution in [0.3, 0.4) is 0 Å². The van der Waals surface area contributed by atoms with Crippen LogP contribution in [-0.4, -0.2) is 28.0 Å². The van der Waals surface area contributed by atoms with Crippen LogP contribution in [-0.2, 0) is 6.54 Å². The predicted molar refractivity (Wildman–Crippen MR) is 80.1 cm³/mol. The third-order valence-corrected chi connectivity index (χ3v) is 3.45. The number of aromatic nitrogens is 3. The molecule has 3 rings (SSSR count). The topological polar surface area (TPSA) is 53.9 Å². The predicted octanol–water partition coefficient (Wildman–Crippen LogP) is 2.74. The molecule has 2 heterocycles. The molecule has 0 spiro atoms. The lowest BCUT2D eigenvalue weighted by Gasteiger charge is -2.15. The van der Waals surface area contributed by atoms with E-state index in [-0.39, 0.29) is 5.28 Å². The summed E-state index contributed by atoms with van der Waals surface area (Å²) < 4.78 is 0. The number of hydrogen-bond acceptors (Lipinski definition) is 5. The fourth-order valence-corrected chi connectivity index (χ4v) is 2.41. The molecule has 0 saturated carbocycles. The van der Waals surface area contributed by atoms with Gasteiger partial charge in [-0.05, 0) is 30.0 Å². The summed E-state index contributed by atoms with van der Waals surface area (Å²) in [7, 11) is 0. The van der Waals surface area contributed by atoms with Crippen LogP contribution < -0.4 is 10.2 Å². The molecular formula is C14H16ClN5. The molecule has 1 N–H and O–H groups in total. The van der Waals surface area contributed by atoms with Crippen molar-refractivity contribution >= 4 is 23.5 Å². The summed E-state index contributed by atoms with van der Waals surface area (Å²) in [6.45, 7) is 2.64. The first kappa shape index (κ1) is 13.1. The van der Waals surface area contributed by atoms with Gasteiger partial charge in [0.2, 0.25) is 17.2 Å². The van der Waals surface area contributed by atoms with Gasteiger partial charge in [-0.15, -0.1) is 0 Å². The zero-order chi connectivity index (χ0) is 13.8. The Balaban J connectivity index is 1.72. The first-order chi connectivity index (χ1) is 9.81. The molecule has 6 heteroatoms. The Labute approximate surface area is 123 Å². The van der Waals surface area contributed by atoms with E-state index >= 15 is 0 Å². The first-order valence-electron chi connectivity index (χ1n) is 6.75. The van der Waals surface area contributed by atoms with E-state index in [4.69, 9.17) is 11.6 Å². The SMILES string of the molecule is Clc1nc(NCc2ccccc2)nc(N2CCCC2)n1. The molecule has 20 heavy (non-hydrogen) atoms. The van der Waals surface area contributed by atoms with Crippen LogP contribution in [0.4, 0.5) is 11.9 Å². The molecule has 1 fully saturated rings. The number of rotatable bonds is 4. The van der Waals surface area contributed by atoms with Gasteiger partial charge in [-0.3, -0.25) is 0 Å². The molecule has 0 amide bonds. The smallest absolute Gasteiger partial charge is 0.231 e. The Hall–Kier alpha value is -1.88. The van der Waals surface area contributed by atoms with Gasteiger partial charge in [-0.25, -0.2) is 0 Å². The van der Waals surface area contributed by atoms with Gasteiger partial charge in [0.25, 0.3) is 0 Å². The Bertz CT molecular complexity index is 569. The van der Waals surface area contributed by atoms with Crippen molar-refractivity contribution in [3.8, 4) is 0 Å². The van der Waals surface area contributed by atoms with E-state index in [0.717, 1.165) is 13.1 Å². The second-order valence-corrected chi connectivity index (χ2v) is 5.10.